The number of ether oxygens (including phenoxy) is 2. The third-order valence-electron chi connectivity index (χ3n) is 6.99. The second kappa shape index (κ2) is 14.3. The minimum atomic E-state index is -4.99. The minimum Gasteiger partial charge on any atom is -0.497 e. The van der Waals surface area contributed by atoms with E-state index in [0.717, 1.165) is 6.20 Å². The molecule has 18 heteroatoms. The van der Waals surface area contributed by atoms with Crippen LogP contribution < -0.4 is 20.5 Å². The molecule has 250 valence electrons. The molecular formula is C28H31F6N7O5. The fourth-order valence-electron chi connectivity index (χ4n) is 4.59. The highest BCUT2D eigenvalue weighted by molar-refractivity contribution is 5.81. The first-order valence-electron chi connectivity index (χ1n) is 13.9. The number of aliphatic hydroxyl groups excluding tert-OH is 1. The number of nitrogens with zero attached hydrogens (tertiary/aromatic N) is 6. The van der Waals surface area contributed by atoms with Gasteiger partial charge in [0.25, 0.3) is 11.5 Å². The maximum absolute atomic E-state index is 13.9. The molecule has 46 heavy (non-hydrogen) atoms. The molecule has 3 heterocycles. The Morgan fingerprint density at radius 2 is 1.61 bits per heavy atom. The van der Waals surface area contributed by atoms with Gasteiger partial charge in [0.15, 0.2) is 6.10 Å². The van der Waals surface area contributed by atoms with Gasteiger partial charge in [-0.15, -0.1) is 0 Å². The van der Waals surface area contributed by atoms with E-state index in [0.29, 0.717) is 28.4 Å². The topological polar surface area (TPSA) is 135 Å². The van der Waals surface area contributed by atoms with Gasteiger partial charge in [-0.3, -0.25) is 9.59 Å². The van der Waals surface area contributed by atoms with Crippen molar-refractivity contribution >= 4 is 17.5 Å². The van der Waals surface area contributed by atoms with E-state index in [4.69, 9.17) is 9.47 Å². The van der Waals surface area contributed by atoms with E-state index < -0.39 is 59.4 Å². The molecule has 2 N–H and O–H groups in total. The van der Waals surface area contributed by atoms with Crippen molar-refractivity contribution in [3.05, 3.63) is 69.9 Å². The molecular weight excluding hydrogens is 628 g/mol. The van der Waals surface area contributed by atoms with Gasteiger partial charge in [-0.05, 0) is 24.6 Å². The highest BCUT2D eigenvalue weighted by Gasteiger charge is 2.38. The Balaban J connectivity index is 1.27. The number of rotatable bonds is 11. The van der Waals surface area contributed by atoms with Crippen LogP contribution in [0.15, 0.2) is 47.7 Å². The summed E-state index contributed by atoms with van der Waals surface area (Å²) in [5.41, 5.74) is -3.77. The molecule has 2 atom stereocenters. The summed E-state index contributed by atoms with van der Waals surface area (Å²) in [7, 11) is 1.47. The summed E-state index contributed by atoms with van der Waals surface area (Å²) in [5.74, 6) is -0.0394. The number of aromatic nitrogens is 4. The third kappa shape index (κ3) is 8.63. The molecule has 1 saturated heterocycles. The first kappa shape index (κ1) is 34.4. The number of hydrogen-bond donors (Lipinski definition) is 2. The predicted molar refractivity (Wildman–Crippen MR) is 151 cm³/mol. The standard InChI is InChI=1S/C28H31F6N7O5/c1-17(38-21-13-37-41(25(44)23(21)28(32,33)34)14-18-3-5-20(45-2)6-4-18)15-46-16-22(42)24(43)39-7-9-40(10-8-39)26-35-11-19(12-36-26)27(29,30)31/h3-6,11-13,17,22,38,42H,7-10,14-16H2,1-2H3. The fourth-order valence-corrected chi connectivity index (χ4v) is 4.59. The van der Waals surface area contributed by atoms with Crippen LogP contribution in [0.2, 0.25) is 0 Å². The molecule has 12 nitrogen and oxygen atoms in total. The normalized spacial score (nSPS) is 15.4. The Hall–Kier alpha value is -4.45. The van der Waals surface area contributed by atoms with Crippen LogP contribution in [-0.4, -0.2) is 94.3 Å². The molecule has 0 aliphatic carbocycles. The molecule has 1 aliphatic rings. The quantitative estimate of drug-likeness (QED) is 0.296. The zero-order valence-electron chi connectivity index (χ0n) is 24.7. The average molecular weight is 660 g/mol. The van der Waals surface area contributed by atoms with Crippen LogP contribution in [0.25, 0.3) is 0 Å². The Bertz CT molecular complexity index is 1530. The van der Waals surface area contributed by atoms with Gasteiger partial charge in [-0.1, -0.05) is 12.1 Å². The first-order valence-corrected chi connectivity index (χ1v) is 13.9. The maximum Gasteiger partial charge on any atom is 0.423 e. The van der Waals surface area contributed by atoms with E-state index in [2.05, 4.69) is 20.4 Å². The summed E-state index contributed by atoms with van der Waals surface area (Å²) < 4.78 is 91.1. The Labute approximate surface area is 258 Å². The summed E-state index contributed by atoms with van der Waals surface area (Å²) in [6.07, 6.45) is -8.88. The maximum atomic E-state index is 13.9. The van der Waals surface area contributed by atoms with Crippen molar-refractivity contribution in [2.45, 2.75) is 38.0 Å². The van der Waals surface area contributed by atoms with Crippen molar-refractivity contribution in [1.82, 2.24) is 24.6 Å². The van der Waals surface area contributed by atoms with Gasteiger partial charge in [-0.25, -0.2) is 14.6 Å². The molecule has 4 rings (SSSR count). The van der Waals surface area contributed by atoms with Crippen LogP contribution in [0.1, 0.15) is 23.6 Å². The zero-order chi connectivity index (χ0) is 33.6. The lowest BCUT2D eigenvalue weighted by atomic mass is 10.2. The van der Waals surface area contributed by atoms with E-state index >= 15 is 0 Å². The number of halogens is 6. The van der Waals surface area contributed by atoms with Crippen molar-refractivity contribution in [2.24, 2.45) is 0 Å². The minimum absolute atomic E-state index is 0.0731. The van der Waals surface area contributed by atoms with Crippen LogP contribution in [-0.2, 0) is 28.4 Å². The highest BCUT2D eigenvalue weighted by atomic mass is 19.4. The van der Waals surface area contributed by atoms with Crippen LogP contribution in [0, 0.1) is 0 Å². The second-order valence-electron chi connectivity index (χ2n) is 10.4. The van der Waals surface area contributed by atoms with Crippen LogP contribution in [0.4, 0.5) is 38.0 Å². The van der Waals surface area contributed by atoms with Gasteiger partial charge in [-0.2, -0.15) is 31.4 Å². The van der Waals surface area contributed by atoms with Crippen molar-refractivity contribution in [2.75, 3.05) is 56.7 Å². The molecule has 0 saturated carbocycles. The lowest BCUT2D eigenvalue weighted by Crippen LogP contribution is -2.52. The number of nitrogens with one attached hydrogen (secondary N) is 1. The number of methoxy groups -OCH3 is 1. The number of alkyl halides is 6. The van der Waals surface area contributed by atoms with Crippen molar-refractivity contribution < 1.29 is 45.7 Å². The van der Waals surface area contributed by atoms with Gasteiger partial charge in [0.05, 0.1) is 44.3 Å². The number of anilines is 2. The number of aliphatic hydroxyl groups is 1. The molecule has 1 fully saturated rings. The third-order valence-corrected chi connectivity index (χ3v) is 6.99. The van der Waals surface area contributed by atoms with Gasteiger partial charge >= 0.3 is 12.4 Å². The van der Waals surface area contributed by atoms with E-state index in [1.165, 1.54) is 18.9 Å². The number of piperazine rings is 1. The largest absolute Gasteiger partial charge is 0.497 e. The number of carbonyl (C=O) groups excluding carboxylic acids is 1. The monoisotopic (exact) mass is 659 g/mol. The fraction of sp³-hybridized carbons (Fsp3) is 0.464. The zero-order valence-corrected chi connectivity index (χ0v) is 24.7. The molecule has 0 radical (unpaired) electrons. The van der Waals surface area contributed by atoms with Crippen LogP contribution in [0.5, 0.6) is 5.75 Å². The van der Waals surface area contributed by atoms with Gasteiger partial charge in [0.2, 0.25) is 5.95 Å². The van der Waals surface area contributed by atoms with Crippen molar-refractivity contribution in [1.29, 1.82) is 0 Å². The average Bonchev–Trinajstić information content (AvgIpc) is 3.01. The molecule has 1 aliphatic heterocycles. The predicted octanol–water partition coefficient (Wildman–Crippen LogP) is 2.65. The van der Waals surface area contributed by atoms with E-state index in [9.17, 15) is 41.0 Å². The summed E-state index contributed by atoms with van der Waals surface area (Å²) in [5, 5.41) is 16.8. The van der Waals surface area contributed by atoms with E-state index in [1.807, 2.05) is 0 Å². The molecule has 0 bridgehead atoms. The van der Waals surface area contributed by atoms with Gasteiger partial charge in [0.1, 0.15) is 11.3 Å². The summed E-state index contributed by atoms with van der Waals surface area (Å²) in [4.78, 5) is 35.9. The van der Waals surface area contributed by atoms with Gasteiger partial charge in [0, 0.05) is 44.6 Å². The Morgan fingerprint density at radius 3 is 2.17 bits per heavy atom. The van der Waals surface area contributed by atoms with Crippen LogP contribution in [0.3, 0.4) is 0 Å². The number of hydrogen-bond acceptors (Lipinski definition) is 10. The Kier molecular flexibility index (Phi) is 10.7. The number of benzene rings is 1. The molecule has 2 unspecified atom stereocenters. The summed E-state index contributed by atoms with van der Waals surface area (Å²) in [6, 6.07) is 5.63. The Morgan fingerprint density at radius 1 is 0.978 bits per heavy atom. The second-order valence-corrected chi connectivity index (χ2v) is 10.4. The summed E-state index contributed by atoms with van der Waals surface area (Å²) in [6.45, 7) is 1.29. The lowest BCUT2D eigenvalue weighted by Gasteiger charge is -2.35. The smallest absolute Gasteiger partial charge is 0.423 e. The number of carbonyl (C=O) groups is 1. The van der Waals surface area contributed by atoms with E-state index in [1.54, 1.807) is 29.2 Å². The highest BCUT2D eigenvalue weighted by Crippen LogP contribution is 2.32. The molecule has 2 aromatic heterocycles. The SMILES string of the molecule is COc1ccc(Cn2ncc(NC(C)COCC(O)C(=O)N3CCN(c4ncc(C(F)(F)F)cn4)CC3)c(C(F)(F)F)c2=O)cc1. The molecule has 3 aromatic rings. The molecule has 1 aromatic carbocycles. The molecule has 1 amide bonds. The number of amides is 1. The van der Waals surface area contributed by atoms with Crippen molar-refractivity contribution in [3.63, 3.8) is 0 Å². The van der Waals surface area contributed by atoms with Gasteiger partial charge < -0.3 is 29.7 Å². The summed E-state index contributed by atoms with van der Waals surface area (Å²) >= 11 is 0. The van der Waals surface area contributed by atoms with Crippen molar-refractivity contribution in [3.8, 4) is 5.75 Å². The lowest BCUT2D eigenvalue weighted by molar-refractivity contribution is -0.144. The van der Waals surface area contributed by atoms with E-state index in [-0.39, 0.29) is 45.3 Å². The van der Waals surface area contributed by atoms with Crippen LogP contribution >= 0.6 is 0 Å². The first-order chi connectivity index (χ1) is 21.7. The molecule has 0 spiro atoms.